The number of nitrogen functional groups attached to an aromatic ring is 2. The first-order valence-electron chi connectivity index (χ1n) is 11.7. The van der Waals surface area contributed by atoms with Crippen LogP contribution in [0.25, 0.3) is 0 Å². The average Bonchev–Trinajstić information content (AvgIpc) is 2.83. The van der Waals surface area contributed by atoms with Crippen molar-refractivity contribution >= 4 is 35.1 Å². The summed E-state index contributed by atoms with van der Waals surface area (Å²) in [5.41, 5.74) is 12.1. The molecule has 0 atom stereocenters. The first-order valence-corrected chi connectivity index (χ1v) is 12.1. The Morgan fingerprint density at radius 1 is 0.944 bits per heavy atom. The Hall–Kier alpha value is -3.31. The van der Waals surface area contributed by atoms with Crippen molar-refractivity contribution in [3.63, 3.8) is 0 Å². The number of hydrogen-bond acceptors (Lipinski definition) is 8. The number of quaternary nitrogens is 1. The molecule has 0 radical (unpaired) electrons. The second-order valence-electron chi connectivity index (χ2n) is 9.05. The molecule has 2 rings (SSSR count). The van der Waals surface area contributed by atoms with Gasteiger partial charge in [0.05, 0.1) is 54.4 Å². The van der Waals surface area contributed by atoms with E-state index in [4.69, 9.17) is 32.5 Å². The van der Waals surface area contributed by atoms with Crippen LogP contribution < -0.4 is 31.6 Å². The lowest BCUT2D eigenvalue weighted by molar-refractivity contribution is -0.889. The quantitative estimate of drug-likeness (QED) is 0.215. The van der Waals surface area contributed by atoms with Crippen LogP contribution in [-0.2, 0) is 11.2 Å². The van der Waals surface area contributed by atoms with Gasteiger partial charge in [0.15, 0.2) is 34.0 Å². The summed E-state index contributed by atoms with van der Waals surface area (Å²) in [4.78, 5) is 32.3. The van der Waals surface area contributed by atoms with Crippen molar-refractivity contribution in [2.24, 2.45) is 0 Å². The monoisotopic (exact) mass is 522 g/mol. The number of nitrogens with zero attached hydrogens (tertiary/aromatic N) is 3. The van der Waals surface area contributed by atoms with Gasteiger partial charge in [-0.25, -0.2) is 9.97 Å². The van der Waals surface area contributed by atoms with Gasteiger partial charge in [-0.3, -0.25) is 9.59 Å². The van der Waals surface area contributed by atoms with Gasteiger partial charge < -0.3 is 36.1 Å². The highest BCUT2D eigenvalue weighted by Crippen LogP contribution is 2.27. The van der Waals surface area contributed by atoms with Gasteiger partial charge in [0.25, 0.3) is 5.91 Å². The summed E-state index contributed by atoms with van der Waals surface area (Å²) in [6.07, 6.45) is 3.17. The van der Waals surface area contributed by atoms with Crippen molar-refractivity contribution in [1.82, 2.24) is 20.6 Å². The first-order chi connectivity index (χ1) is 17.1. The van der Waals surface area contributed by atoms with Crippen LogP contribution in [0.3, 0.4) is 0 Å². The fourth-order valence-corrected chi connectivity index (χ4v) is 3.71. The van der Waals surface area contributed by atoms with E-state index >= 15 is 0 Å². The number of likely N-dealkylation sites (N-methyl/N-ethyl adjacent to an activating group) is 1. The number of benzene rings is 1. The molecule has 198 valence electrons. The number of rotatable bonds is 14. The zero-order chi connectivity index (χ0) is 26.7. The molecule has 0 unspecified atom stereocenters. The predicted molar refractivity (Wildman–Crippen MR) is 140 cm³/mol. The lowest BCUT2D eigenvalue weighted by atomic mass is 10.1. The number of nitrogens with two attached hydrogens (primary N) is 2. The molecule has 1 aromatic carbocycles. The van der Waals surface area contributed by atoms with Gasteiger partial charge in [-0.05, 0) is 37.0 Å². The number of carbonyl (C=O) groups is 2. The fraction of sp³-hybridized carbons (Fsp3) is 0.500. The van der Waals surface area contributed by atoms with Crippen LogP contribution in [0, 0.1) is 0 Å². The number of anilines is 2. The normalized spacial score (nSPS) is 11.1. The second-order valence-corrected chi connectivity index (χ2v) is 9.41. The van der Waals surface area contributed by atoms with Gasteiger partial charge in [0.2, 0.25) is 5.91 Å². The van der Waals surface area contributed by atoms with Crippen LogP contribution in [0.15, 0.2) is 18.2 Å². The third-order valence-electron chi connectivity index (χ3n) is 5.70. The predicted octanol–water partition coefficient (Wildman–Crippen LogP) is 1.65. The molecule has 1 aromatic heterocycles. The Kier molecular flexibility index (Phi) is 11.0. The van der Waals surface area contributed by atoms with Gasteiger partial charge >= 0.3 is 0 Å². The third kappa shape index (κ3) is 9.04. The molecular formula is C24H37ClN7O4+. The number of ether oxygens (including phenoxy) is 2. The number of halogens is 1. The average molecular weight is 523 g/mol. The van der Waals surface area contributed by atoms with Crippen molar-refractivity contribution in [3.8, 4) is 11.5 Å². The van der Waals surface area contributed by atoms with Crippen LogP contribution >= 0.6 is 11.6 Å². The maximum Gasteiger partial charge on any atom is 0.273 e. The number of hydrogen-bond donors (Lipinski definition) is 4. The van der Waals surface area contributed by atoms with Crippen molar-refractivity contribution in [2.45, 2.75) is 25.7 Å². The SMILES string of the molecule is COc1ccc(CC(=O)NCCCCC[N+](C)(C)CCNC(=O)c2nc(Cl)c(N)nc2N)cc1OC. The highest BCUT2D eigenvalue weighted by molar-refractivity contribution is 6.31. The standard InChI is InChI=1S/C24H36ClN7O4/c1-32(2,13-11-29-24(34)20-22(26)31-23(27)21(25)30-20)12-7-5-6-10-28-19(33)15-16-8-9-17(35-3)18(14-16)36-4/h8-9,14H,5-7,10-13,15H2,1-4H3,(H5-,26,27,28,29,31,33,34)/p+1. The molecule has 0 saturated carbocycles. The molecule has 0 saturated heterocycles. The summed E-state index contributed by atoms with van der Waals surface area (Å²) in [5, 5.41) is 5.71. The molecule has 11 nitrogen and oxygen atoms in total. The van der Waals surface area contributed by atoms with E-state index in [0.29, 0.717) is 24.6 Å². The molecule has 0 aliphatic heterocycles. The molecule has 1 heterocycles. The van der Waals surface area contributed by atoms with Gasteiger partial charge in [-0.1, -0.05) is 17.7 Å². The maximum absolute atomic E-state index is 12.3. The minimum atomic E-state index is -0.439. The fourth-order valence-electron chi connectivity index (χ4n) is 3.58. The molecule has 0 aliphatic rings. The molecule has 12 heteroatoms. The molecule has 2 amide bonds. The van der Waals surface area contributed by atoms with Gasteiger partial charge in [0, 0.05) is 6.54 Å². The summed E-state index contributed by atoms with van der Waals surface area (Å²) < 4.78 is 11.2. The Morgan fingerprint density at radius 2 is 1.67 bits per heavy atom. The van der Waals surface area contributed by atoms with Crippen molar-refractivity contribution in [3.05, 3.63) is 34.6 Å². The zero-order valence-electron chi connectivity index (χ0n) is 21.4. The number of nitrogens with one attached hydrogen (secondary N) is 2. The highest BCUT2D eigenvalue weighted by atomic mass is 35.5. The third-order valence-corrected chi connectivity index (χ3v) is 5.98. The molecule has 0 fully saturated rings. The van der Waals surface area contributed by atoms with Crippen LogP contribution in [0.5, 0.6) is 11.5 Å². The van der Waals surface area contributed by atoms with Crippen LogP contribution in [0.1, 0.15) is 35.3 Å². The van der Waals surface area contributed by atoms with Gasteiger partial charge in [-0.2, -0.15) is 0 Å². The number of amides is 2. The molecule has 0 spiro atoms. The van der Waals surface area contributed by atoms with Crippen molar-refractivity contribution in [1.29, 1.82) is 0 Å². The van der Waals surface area contributed by atoms with E-state index in [9.17, 15) is 9.59 Å². The van der Waals surface area contributed by atoms with E-state index in [-0.39, 0.29) is 34.8 Å². The zero-order valence-corrected chi connectivity index (χ0v) is 22.2. The van der Waals surface area contributed by atoms with Gasteiger partial charge in [0.1, 0.15) is 0 Å². The van der Waals surface area contributed by atoms with E-state index < -0.39 is 5.91 Å². The highest BCUT2D eigenvalue weighted by Gasteiger charge is 2.18. The maximum atomic E-state index is 12.3. The Bertz CT molecular complexity index is 1050. The number of carbonyl (C=O) groups excluding carboxylic acids is 2. The van der Waals surface area contributed by atoms with E-state index in [1.165, 1.54) is 0 Å². The Labute approximate surface area is 217 Å². The van der Waals surface area contributed by atoms with E-state index in [2.05, 4.69) is 34.7 Å². The van der Waals surface area contributed by atoms with Gasteiger partial charge in [-0.15, -0.1) is 0 Å². The molecule has 0 bridgehead atoms. The summed E-state index contributed by atoms with van der Waals surface area (Å²) in [6.45, 7) is 2.73. The molecule has 6 N–H and O–H groups in total. The Morgan fingerprint density at radius 3 is 2.36 bits per heavy atom. The number of unbranched alkanes of at least 4 members (excludes halogenated alkanes) is 2. The minimum Gasteiger partial charge on any atom is -0.493 e. The lowest BCUT2D eigenvalue weighted by Gasteiger charge is -2.30. The smallest absolute Gasteiger partial charge is 0.273 e. The van der Waals surface area contributed by atoms with Crippen LogP contribution in [0.2, 0.25) is 5.15 Å². The molecule has 2 aromatic rings. The second kappa shape index (κ2) is 13.7. The first kappa shape index (κ1) is 28.9. The number of aromatic nitrogens is 2. The summed E-state index contributed by atoms with van der Waals surface area (Å²) in [7, 11) is 7.35. The summed E-state index contributed by atoms with van der Waals surface area (Å²) in [6, 6.07) is 5.47. The summed E-state index contributed by atoms with van der Waals surface area (Å²) >= 11 is 5.84. The lowest BCUT2D eigenvalue weighted by Crippen LogP contribution is -2.46. The summed E-state index contributed by atoms with van der Waals surface area (Å²) in [5.74, 6) is 0.708. The molecule has 36 heavy (non-hydrogen) atoms. The largest absolute Gasteiger partial charge is 0.493 e. The van der Waals surface area contributed by atoms with E-state index in [0.717, 1.165) is 42.4 Å². The Balaban J connectivity index is 1.63. The van der Waals surface area contributed by atoms with Crippen molar-refractivity contribution < 1.29 is 23.5 Å². The van der Waals surface area contributed by atoms with Crippen LogP contribution in [0.4, 0.5) is 11.6 Å². The topological polar surface area (TPSA) is 154 Å². The van der Waals surface area contributed by atoms with E-state index in [1.807, 2.05) is 12.1 Å². The van der Waals surface area contributed by atoms with E-state index in [1.54, 1.807) is 20.3 Å². The van der Waals surface area contributed by atoms with Crippen molar-refractivity contribution in [2.75, 3.05) is 66.0 Å². The van der Waals surface area contributed by atoms with Crippen LogP contribution in [-0.4, -0.2) is 80.8 Å². The minimum absolute atomic E-state index is 0.0130. The molecular weight excluding hydrogens is 486 g/mol. The number of methoxy groups -OCH3 is 2. The molecule has 0 aliphatic carbocycles.